The Bertz CT molecular complexity index is 804. The fourth-order valence-corrected chi connectivity index (χ4v) is 3.06. The monoisotopic (exact) mass is 393 g/mol. The van der Waals surface area contributed by atoms with Crippen molar-refractivity contribution in [3.63, 3.8) is 0 Å². The molecule has 3 amide bonds. The Morgan fingerprint density at radius 1 is 1.14 bits per heavy atom. The molecule has 1 fully saturated rings. The number of rotatable bonds is 5. The molecule has 0 atom stereocenters. The summed E-state index contributed by atoms with van der Waals surface area (Å²) < 4.78 is 15.4. The van der Waals surface area contributed by atoms with Crippen LogP contribution in [0.3, 0.4) is 0 Å². The van der Waals surface area contributed by atoms with Crippen molar-refractivity contribution < 1.29 is 33.5 Å². The summed E-state index contributed by atoms with van der Waals surface area (Å²) in [6.07, 6.45) is 3.74. The summed E-state index contributed by atoms with van der Waals surface area (Å²) in [6.45, 7) is -0.294. The minimum Gasteiger partial charge on any atom is -0.486 e. The maximum atomic E-state index is 12.2. The van der Waals surface area contributed by atoms with Gasteiger partial charge in [0, 0.05) is 12.1 Å². The highest BCUT2D eigenvalue weighted by Crippen LogP contribution is 2.36. The lowest BCUT2D eigenvalue weighted by atomic mass is 10.1. The molecule has 0 spiro atoms. The average Bonchev–Trinajstić information content (AvgIpc) is 3.17. The summed E-state index contributed by atoms with van der Waals surface area (Å²) in [5, 5.41) is 15.9. The minimum atomic E-state index is -1.09. The van der Waals surface area contributed by atoms with Gasteiger partial charge >= 0.3 is 12.0 Å². The first-order valence-corrected chi connectivity index (χ1v) is 8.79. The van der Waals surface area contributed by atoms with Crippen molar-refractivity contribution in [3.8, 4) is 11.5 Å². The number of imide groups is 1. The largest absolute Gasteiger partial charge is 0.486 e. The van der Waals surface area contributed by atoms with Gasteiger partial charge in [0.05, 0.1) is 11.0 Å². The third-order valence-electron chi connectivity index (χ3n) is 4.35. The highest BCUT2D eigenvalue weighted by atomic mass is 16.6. The molecule has 0 bridgehead atoms. The summed E-state index contributed by atoms with van der Waals surface area (Å²) in [6, 6.07) is 1.56. The average molecular weight is 393 g/mol. The van der Waals surface area contributed by atoms with Gasteiger partial charge in [0.2, 0.25) is 0 Å². The third kappa shape index (κ3) is 4.67. The molecule has 0 radical (unpaired) electrons. The Labute approximate surface area is 159 Å². The second-order valence-electron chi connectivity index (χ2n) is 6.35. The third-order valence-corrected chi connectivity index (χ3v) is 4.35. The van der Waals surface area contributed by atoms with Crippen LogP contribution >= 0.6 is 0 Å². The smallest absolute Gasteiger partial charge is 0.345 e. The first kappa shape index (κ1) is 19.4. The molecule has 1 saturated carbocycles. The number of carbonyl (C=O) groups excluding carboxylic acids is 3. The van der Waals surface area contributed by atoms with Crippen LogP contribution in [0.4, 0.5) is 10.5 Å². The van der Waals surface area contributed by atoms with Crippen LogP contribution in [-0.2, 0) is 9.53 Å². The zero-order valence-electron chi connectivity index (χ0n) is 14.9. The van der Waals surface area contributed by atoms with E-state index in [1.54, 1.807) is 0 Å². The van der Waals surface area contributed by atoms with Crippen molar-refractivity contribution in [2.45, 2.75) is 31.7 Å². The first-order chi connectivity index (χ1) is 13.4. The van der Waals surface area contributed by atoms with Crippen molar-refractivity contribution in [1.82, 2.24) is 10.6 Å². The zero-order chi connectivity index (χ0) is 20.1. The molecular weight excluding hydrogens is 374 g/mol. The summed E-state index contributed by atoms with van der Waals surface area (Å²) in [5.74, 6) is -1.61. The predicted molar refractivity (Wildman–Crippen MR) is 93.3 cm³/mol. The van der Waals surface area contributed by atoms with Gasteiger partial charge < -0.3 is 19.5 Å². The van der Waals surface area contributed by atoms with Gasteiger partial charge in [-0.1, -0.05) is 12.8 Å². The van der Waals surface area contributed by atoms with Crippen LogP contribution in [0.25, 0.3) is 0 Å². The van der Waals surface area contributed by atoms with Gasteiger partial charge in [0.15, 0.2) is 18.1 Å². The Balaban J connectivity index is 1.58. The van der Waals surface area contributed by atoms with E-state index in [1.807, 2.05) is 0 Å². The molecule has 1 aromatic rings. The van der Waals surface area contributed by atoms with Crippen molar-refractivity contribution in [2.24, 2.45) is 0 Å². The van der Waals surface area contributed by atoms with Gasteiger partial charge in [-0.15, -0.1) is 0 Å². The molecule has 0 saturated heterocycles. The van der Waals surface area contributed by atoms with E-state index < -0.39 is 35.1 Å². The van der Waals surface area contributed by atoms with Gasteiger partial charge in [-0.3, -0.25) is 20.2 Å². The van der Waals surface area contributed by atoms with E-state index in [9.17, 15) is 24.5 Å². The molecule has 1 heterocycles. The maximum Gasteiger partial charge on any atom is 0.345 e. The van der Waals surface area contributed by atoms with Gasteiger partial charge in [0.25, 0.3) is 11.6 Å². The van der Waals surface area contributed by atoms with E-state index >= 15 is 0 Å². The van der Waals surface area contributed by atoms with Crippen LogP contribution in [0.1, 0.15) is 36.0 Å². The second-order valence-corrected chi connectivity index (χ2v) is 6.35. The molecule has 150 valence electrons. The Morgan fingerprint density at radius 3 is 2.43 bits per heavy atom. The molecule has 1 aromatic carbocycles. The number of nitro benzene ring substituents is 1. The number of nitrogens with zero attached hydrogens (tertiary/aromatic N) is 1. The highest BCUT2D eigenvalue weighted by molar-refractivity contribution is 5.98. The molecule has 3 rings (SSSR count). The van der Waals surface area contributed by atoms with Crippen LogP contribution in [0.5, 0.6) is 11.5 Å². The van der Waals surface area contributed by atoms with E-state index in [0.717, 1.165) is 37.8 Å². The molecule has 11 heteroatoms. The first-order valence-electron chi connectivity index (χ1n) is 8.79. The van der Waals surface area contributed by atoms with Crippen molar-refractivity contribution in [3.05, 3.63) is 27.8 Å². The molecule has 1 aliphatic heterocycles. The summed E-state index contributed by atoms with van der Waals surface area (Å²) in [5.41, 5.74) is -0.911. The van der Waals surface area contributed by atoms with Crippen molar-refractivity contribution in [1.29, 1.82) is 0 Å². The minimum absolute atomic E-state index is 0.0238. The summed E-state index contributed by atoms with van der Waals surface area (Å²) in [7, 11) is 0. The van der Waals surface area contributed by atoms with Crippen LogP contribution in [0.2, 0.25) is 0 Å². The Hall–Kier alpha value is -3.37. The molecular formula is C17H19N3O8. The van der Waals surface area contributed by atoms with Crippen molar-refractivity contribution in [2.75, 3.05) is 19.8 Å². The molecule has 11 nitrogen and oxygen atoms in total. The quantitative estimate of drug-likeness (QED) is 0.432. The second kappa shape index (κ2) is 8.55. The summed E-state index contributed by atoms with van der Waals surface area (Å²) in [4.78, 5) is 46.2. The number of hydrogen-bond donors (Lipinski definition) is 2. The number of fused-ring (bicyclic) bond motifs is 1. The molecule has 2 N–H and O–H groups in total. The van der Waals surface area contributed by atoms with Crippen LogP contribution < -0.4 is 20.1 Å². The van der Waals surface area contributed by atoms with Crippen LogP contribution in [0, 0.1) is 10.1 Å². The van der Waals surface area contributed by atoms with Gasteiger partial charge in [-0.25, -0.2) is 9.59 Å². The molecule has 2 aliphatic rings. The number of urea groups is 1. The fraction of sp³-hybridized carbons (Fsp3) is 0.471. The lowest BCUT2D eigenvalue weighted by Crippen LogP contribution is -2.45. The van der Waals surface area contributed by atoms with E-state index in [4.69, 9.17) is 14.2 Å². The van der Waals surface area contributed by atoms with E-state index in [-0.39, 0.29) is 36.3 Å². The number of benzene rings is 1. The highest BCUT2D eigenvalue weighted by Gasteiger charge is 2.28. The number of carbonyl (C=O) groups is 3. The van der Waals surface area contributed by atoms with Crippen molar-refractivity contribution >= 4 is 23.6 Å². The van der Waals surface area contributed by atoms with Crippen LogP contribution in [-0.4, -0.2) is 48.7 Å². The SMILES string of the molecule is O=C(COC(=O)c1cc2c(cc1[N+](=O)[O-])OCCO2)NC(=O)NC1CCCC1. The number of nitro groups is 1. The van der Waals surface area contributed by atoms with E-state index in [1.165, 1.54) is 0 Å². The number of ether oxygens (including phenoxy) is 3. The predicted octanol–water partition coefficient (Wildman–Crippen LogP) is 1.29. The molecule has 0 aromatic heterocycles. The lowest BCUT2D eigenvalue weighted by Gasteiger charge is -2.18. The zero-order valence-corrected chi connectivity index (χ0v) is 14.9. The lowest BCUT2D eigenvalue weighted by molar-refractivity contribution is -0.385. The van der Waals surface area contributed by atoms with Gasteiger partial charge in [-0.2, -0.15) is 0 Å². The number of nitrogens with one attached hydrogen (secondary N) is 2. The molecule has 1 aliphatic carbocycles. The molecule has 28 heavy (non-hydrogen) atoms. The summed E-state index contributed by atoms with van der Waals surface area (Å²) >= 11 is 0. The molecule has 0 unspecified atom stereocenters. The fourth-order valence-electron chi connectivity index (χ4n) is 3.06. The number of esters is 1. The van der Waals surface area contributed by atoms with E-state index in [2.05, 4.69) is 10.6 Å². The normalized spacial score (nSPS) is 15.6. The Kier molecular flexibility index (Phi) is 5.92. The van der Waals surface area contributed by atoms with Crippen LogP contribution in [0.15, 0.2) is 12.1 Å². The van der Waals surface area contributed by atoms with Gasteiger partial charge in [0.1, 0.15) is 18.8 Å². The van der Waals surface area contributed by atoms with Gasteiger partial charge in [-0.05, 0) is 12.8 Å². The number of amides is 3. The standard InChI is InChI=1S/C17H19N3O8/c21-15(19-17(23)18-10-3-1-2-4-10)9-28-16(22)11-7-13-14(27-6-5-26-13)8-12(11)20(24)25/h7-8,10H,1-6,9H2,(H2,18,19,21,23). The number of hydrogen-bond acceptors (Lipinski definition) is 8. The topological polar surface area (TPSA) is 146 Å². The van der Waals surface area contributed by atoms with E-state index in [0.29, 0.717) is 0 Å². The maximum absolute atomic E-state index is 12.2. The Morgan fingerprint density at radius 2 is 1.79 bits per heavy atom.